The molecule has 0 radical (unpaired) electrons. The maximum atomic E-state index is 13.9. The van der Waals surface area contributed by atoms with E-state index in [2.05, 4.69) is 57.8 Å². The lowest BCUT2D eigenvalue weighted by Crippen LogP contribution is -2.68. The van der Waals surface area contributed by atoms with Crippen LogP contribution in [0.5, 0.6) is 0 Å². The number of hydrogen-bond donors (Lipinski definition) is 25. The predicted octanol–water partition coefficient (Wildman–Crippen LogP) is -10.7. The average molecular weight is 1810 g/mol. The number of unbranched alkanes of at least 4 members (excludes halogenated alkanes) is 6. The molecule has 0 spiro atoms. The highest BCUT2D eigenvalue weighted by atomic mass is 32.2. The molecule has 33 atom stereocenters. The van der Waals surface area contributed by atoms with Gasteiger partial charge in [-0.15, -0.1) is 10.2 Å². The number of aliphatic hydroxyl groups excluding tert-OH is 18. The SMILES string of the molecule is CC(=O)N[C@H]1[C@@H](O[C@@H]2[C@H](O)[C@@H](O)[C@H](O[C@H]3[C@H](O)[C@@H](O)[C@H](OCCCCCCn4cc(CNC(=O)c5cc(NC(=O)CCCC[C@H]6SC[C@H]7NC(=O)N[C@H]76)cc(C(=O)NCc6cn(CCCCCO[C@@H]7O[C@H](CO)[C@@H](O[C@@H]8O[C@H](CO)[C@H](O[C@H]9O[C@H](CO)[C@H](O)[C@H](O)[C@H]9NC(C)=O)[C@H](O)[C@H]8O)[C@H](O)[C@H]7O)nn6)c5)nn4)O[C@@H]3CO)O[C@@H]2CO)O[C@H](CO)[C@H](O)[C@@H]1O. The molecule has 0 unspecified atom stereocenters. The van der Waals surface area contributed by atoms with Gasteiger partial charge in [-0.05, 0) is 63.1 Å². The summed E-state index contributed by atoms with van der Waals surface area (Å²) in [5, 5.41) is 229. The Bertz CT molecular complexity index is 3920. The Morgan fingerprint density at radius 1 is 0.456 bits per heavy atom. The summed E-state index contributed by atoms with van der Waals surface area (Å²) in [6, 6.07) is 1.19. The highest BCUT2D eigenvalue weighted by Crippen LogP contribution is 2.38. The first-order valence-electron chi connectivity index (χ1n) is 41.6. The third-order valence-electron chi connectivity index (χ3n) is 22.7. The number of hydrogen-bond acceptors (Lipinski definition) is 41. The predicted molar refractivity (Wildman–Crippen MR) is 417 cm³/mol. The number of aryl methyl sites for hydroxylation is 2. The standard InChI is InChI=1S/C75H117N13O36S/c1-32(95)78-49-53(100)51(98)40(25-89)115-69(49)121-63-44(29-93)119-73(61(108)57(63)104)123-65-42(27-91)117-71(59(106)55(65)102)113-16-10-4-3-8-14-87-23-37(83-85-87)21-76-67(110)34-18-35(20-36(19-34)80-47(97)13-7-6-12-46-48-39(31-125-46)81-75(112)82-48)68(111)77-22-38-24-88(86-84-38)15-9-5-11-17-114-72-60(107)56(103)66(43(28-92)118-72)124-74-62(109)58(105)64(45(30-94)120-74)122-70-50(79-33(2)96)54(101)52(99)41(26-90)116-70/h18-20,23-24,39-46,48-66,69-74,89-94,98-109H,3-17,21-22,25-31H2,1-2H3,(H,76,110)(H,77,111)(H,78,95)(H,79,96)(H,80,97)(H2,81,82,112)/t39-,40-,41-,42-,43-,44-,45-,46-,48-,49-,50-,51+,52+,53-,54-,55-,56-,57-,58-,59-,60-,61-,62-,63+,64+,65-,66-,69-,70-,71-,72-,73+,74+/m1/s1. The molecule has 25 N–H and O–H groups in total. The molecule has 50 heteroatoms. The number of nitrogens with zero attached hydrogens (tertiary/aromatic N) is 6. The molecular formula is C75H117N13O36S. The van der Waals surface area contributed by atoms with Gasteiger partial charge in [-0.2, -0.15) is 11.8 Å². The van der Waals surface area contributed by atoms with Gasteiger partial charge in [0.15, 0.2) is 37.7 Å². The van der Waals surface area contributed by atoms with Crippen LogP contribution in [0.4, 0.5) is 10.5 Å². The molecule has 125 heavy (non-hydrogen) atoms. The van der Waals surface area contributed by atoms with Gasteiger partial charge in [0.1, 0.15) is 158 Å². The zero-order valence-corrected chi connectivity index (χ0v) is 69.2. The van der Waals surface area contributed by atoms with E-state index in [1.54, 1.807) is 33.5 Å². The number of aromatic nitrogens is 6. The number of nitrogens with one attached hydrogen (secondary N) is 7. The number of rotatable bonds is 43. The fourth-order valence-electron chi connectivity index (χ4n) is 15.9. The van der Waals surface area contributed by atoms with Gasteiger partial charge in [0, 0.05) is 74.4 Å². The van der Waals surface area contributed by atoms with E-state index in [-0.39, 0.29) is 78.8 Å². The quantitative estimate of drug-likeness (QED) is 0.0185. The molecule has 3 aromatic rings. The monoisotopic (exact) mass is 1810 g/mol. The van der Waals surface area contributed by atoms with Gasteiger partial charge < -0.3 is 186 Å². The zero-order valence-electron chi connectivity index (χ0n) is 68.4. The Balaban J connectivity index is 0.601. The Morgan fingerprint density at radius 3 is 1.26 bits per heavy atom. The van der Waals surface area contributed by atoms with Crippen LogP contribution in [0.2, 0.25) is 0 Å². The van der Waals surface area contributed by atoms with E-state index in [4.69, 9.17) is 56.8 Å². The van der Waals surface area contributed by atoms with Crippen LogP contribution >= 0.6 is 11.8 Å². The number of aliphatic hydroxyl groups is 18. The molecule has 0 saturated carbocycles. The van der Waals surface area contributed by atoms with Crippen molar-refractivity contribution in [3.05, 3.63) is 53.1 Å². The first-order chi connectivity index (χ1) is 59.9. The number of thioether (sulfide) groups is 1. The topological polar surface area (TPSA) is 723 Å². The van der Waals surface area contributed by atoms with Crippen LogP contribution in [-0.4, -0.2) is 418 Å². The molecular weight excluding hydrogens is 1690 g/mol. The summed E-state index contributed by atoms with van der Waals surface area (Å²) in [5.41, 5.74) is 1.00. The van der Waals surface area contributed by atoms with Gasteiger partial charge in [-0.3, -0.25) is 33.3 Å². The van der Waals surface area contributed by atoms with Crippen molar-refractivity contribution in [2.75, 3.05) is 63.9 Å². The number of benzene rings is 1. The van der Waals surface area contributed by atoms with Gasteiger partial charge in [-0.25, -0.2) is 4.79 Å². The van der Waals surface area contributed by atoms with Gasteiger partial charge >= 0.3 is 6.03 Å². The van der Waals surface area contributed by atoms with E-state index in [0.717, 1.165) is 26.0 Å². The molecule has 0 bridgehead atoms. The largest absolute Gasteiger partial charge is 0.394 e. The maximum absolute atomic E-state index is 13.9. The number of anilines is 1. The van der Waals surface area contributed by atoms with Crippen LogP contribution in [0, 0.1) is 0 Å². The average Bonchev–Trinajstić information content (AvgIpc) is 1.70. The van der Waals surface area contributed by atoms with Crippen molar-refractivity contribution in [3.8, 4) is 0 Å². The van der Waals surface area contributed by atoms with E-state index >= 15 is 0 Å². The smallest absolute Gasteiger partial charge is 0.315 e. The van der Waals surface area contributed by atoms with Crippen LogP contribution < -0.4 is 37.2 Å². The minimum atomic E-state index is -2.01. The fraction of sp³-hybridized carbons (Fsp3) is 0.787. The number of fused-ring (bicyclic) bond motifs is 1. The van der Waals surface area contributed by atoms with Crippen LogP contribution in [0.1, 0.15) is 117 Å². The summed E-state index contributed by atoms with van der Waals surface area (Å²) >= 11 is 1.77. The molecule has 8 fully saturated rings. The first kappa shape index (κ1) is 98.9. The Labute approximate surface area is 718 Å². The summed E-state index contributed by atoms with van der Waals surface area (Å²) in [7, 11) is 0. The lowest BCUT2D eigenvalue weighted by Gasteiger charge is -2.48. The van der Waals surface area contributed by atoms with Crippen LogP contribution in [0.25, 0.3) is 0 Å². The van der Waals surface area contributed by atoms with E-state index in [1.165, 1.54) is 18.2 Å². The molecule has 704 valence electrons. The molecule has 7 amide bonds. The lowest BCUT2D eigenvalue weighted by atomic mass is 9.95. The van der Waals surface area contributed by atoms with Crippen LogP contribution in [0.3, 0.4) is 0 Å². The summed E-state index contributed by atoms with van der Waals surface area (Å²) in [6.07, 6.45) is -37.9. The molecule has 1 aromatic carbocycles. The Hall–Kier alpha value is -6.73. The molecule has 2 aromatic heterocycles. The van der Waals surface area contributed by atoms with E-state index in [1.807, 2.05) is 0 Å². The van der Waals surface area contributed by atoms with Crippen molar-refractivity contribution in [2.24, 2.45) is 0 Å². The number of carbonyl (C=O) groups is 6. The van der Waals surface area contributed by atoms with E-state index < -0.39 is 247 Å². The van der Waals surface area contributed by atoms with Crippen molar-refractivity contribution in [1.29, 1.82) is 0 Å². The second kappa shape index (κ2) is 46.7. The van der Waals surface area contributed by atoms with Gasteiger partial charge in [0.25, 0.3) is 11.8 Å². The van der Waals surface area contributed by atoms with Crippen molar-refractivity contribution in [1.82, 2.24) is 61.9 Å². The number of urea groups is 1. The van der Waals surface area contributed by atoms with E-state index in [0.29, 0.717) is 82.3 Å². The maximum Gasteiger partial charge on any atom is 0.315 e. The van der Waals surface area contributed by atoms with Gasteiger partial charge in [0.2, 0.25) is 17.7 Å². The molecule has 0 aliphatic carbocycles. The van der Waals surface area contributed by atoms with Gasteiger partial charge in [-0.1, -0.05) is 29.7 Å². The van der Waals surface area contributed by atoms with Crippen molar-refractivity contribution < 1.29 is 178 Å². The third-order valence-corrected chi connectivity index (χ3v) is 24.2. The summed E-state index contributed by atoms with van der Waals surface area (Å²) in [5.74, 6) is -2.15. The molecule has 8 saturated heterocycles. The Kier molecular flexibility index (Phi) is 36.9. The summed E-state index contributed by atoms with van der Waals surface area (Å²) < 4.78 is 72.0. The minimum Gasteiger partial charge on any atom is -0.394 e. The van der Waals surface area contributed by atoms with E-state index in [9.17, 15) is 121 Å². The normalized spacial score (nSPS) is 36.6. The highest BCUT2D eigenvalue weighted by Gasteiger charge is 2.57. The van der Waals surface area contributed by atoms with Crippen molar-refractivity contribution >= 4 is 53.0 Å². The Morgan fingerprint density at radius 2 is 0.840 bits per heavy atom. The highest BCUT2D eigenvalue weighted by molar-refractivity contribution is 8.00. The molecule has 49 nitrogen and oxygen atoms in total. The van der Waals surface area contributed by atoms with Crippen LogP contribution in [0.15, 0.2) is 30.6 Å². The molecule has 8 aliphatic rings. The molecule has 11 rings (SSSR count). The van der Waals surface area contributed by atoms with Gasteiger partial charge in [0.05, 0.1) is 77.2 Å². The molecule has 8 aliphatic heterocycles. The first-order valence-corrected chi connectivity index (χ1v) is 42.6. The van der Waals surface area contributed by atoms with Crippen molar-refractivity contribution in [2.45, 2.75) is 312 Å². The second-order valence-electron chi connectivity index (χ2n) is 31.8. The number of carbonyl (C=O) groups excluding carboxylic acids is 6. The lowest BCUT2D eigenvalue weighted by molar-refractivity contribution is -0.374. The van der Waals surface area contributed by atoms with Crippen LogP contribution in [-0.2, 0) is 97.4 Å². The summed E-state index contributed by atoms with van der Waals surface area (Å²) in [6.45, 7) is -2.09. The van der Waals surface area contributed by atoms with Crippen molar-refractivity contribution in [3.63, 3.8) is 0 Å². The molecule has 10 heterocycles. The summed E-state index contributed by atoms with van der Waals surface area (Å²) in [4.78, 5) is 77.2. The third kappa shape index (κ3) is 25.3. The fourth-order valence-corrected chi connectivity index (χ4v) is 17.5. The number of ether oxygens (including phenoxy) is 12. The number of amides is 7. The zero-order chi connectivity index (χ0) is 90.0. The minimum absolute atomic E-state index is 0.0000206. The second-order valence-corrected chi connectivity index (χ2v) is 33.1.